The molecule has 0 spiro atoms. The molecule has 0 N–H and O–H groups in total. The maximum Gasteiger partial charge on any atom is 0.178 e. The maximum absolute atomic E-state index is 11.1. The number of hydrogen-bond acceptors (Lipinski definition) is 1. The molecule has 0 atom stereocenters. The zero-order chi connectivity index (χ0) is 8.81. The third kappa shape index (κ3) is 2.74. The zero-order valence-electron chi connectivity index (χ0n) is 7.23. The average Bonchev–Trinajstić information content (AvgIpc) is 2.06. The van der Waals surface area contributed by atoms with Crippen molar-refractivity contribution >= 4 is 6.21 Å². The van der Waals surface area contributed by atoms with Crippen molar-refractivity contribution in [3.63, 3.8) is 0 Å². The lowest BCUT2D eigenvalue weighted by Crippen LogP contribution is -2.03. The van der Waals surface area contributed by atoms with Crippen molar-refractivity contribution in [2.45, 2.75) is 19.9 Å². The Hall–Kier alpha value is -1.31. The highest BCUT2D eigenvalue weighted by Gasteiger charge is 1.94. The number of benzene rings is 1. The largest absolute Gasteiger partial charge is 0.624 e. The first kappa shape index (κ1) is 8.78. The van der Waals surface area contributed by atoms with Crippen molar-refractivity contribution in [1.29, 1.82) is 0 Å². The summed E-state index contributed by atoms with van der Waals surface area (Å²) in [6.45, 7) is 2.41. The van der Waals surface area contributed by atoms with Crippen LogP contribution in [0.4, 0.5) is 0 Å². The Morgan fingerprint density at radius 3 is 2.58 bits per heavy atom. The highest BCUT2D eigenvalue weighted by atomic mass is 16.5. The van der Waals surface area contributed by atoms with Crippen LogP contribution in [0.3, 0.4) is 0 Å². The van der Waals surface area contributed by atoms with E-state index in [0.717, 1.165) is 16.7 Å². The third-order valence-corrected chi connectivity index (χ3v) is 1.57. The average molecular weight is 163 g/mol. The minimum atomic E-state index is 0.453. The zero-order valence-corrected chi connectivity index (χ0v) is 7.23. The predicted molar refractivity (Wildman–Crippen MR) is 50.1 cm³/mol. The number of hydroxylamine groups is 1. The van der Waals surface area contributed by atoms with Gasteiger partial charge in [0.15, 0.2) is 12.8 Å². The van der Waals surface area contributed by atoms with Gasteiger partial charge in [-0.2, -0.15) is 0 Å². The van der Waals surface area contributed by atoms with E-state index < -0.39 is 0 Å². The summed E-state index contributed by atoms with van der Waals surface area (Å²) in [4.78, 5) is 0. The van der Waals surface area contributed by atoms with Gasteiger partial charge in [-0.1, -0.05) is 37.3 Å². The molecule has 0 aromatic heterocycles. The fourth-order valence-electron chi connectivity index (χ4n) is 1.03. The highest BCUT2D eigenvalue weighted by Crippen LogP contribution is 1.99. The van der Waals surface area contributed by atoms with Crippen molar-refractivity contribution < 1.29 is 4.74 Å². The third-order valence-electron chi connectivity index (χ3n) is 1.57. The van der Waals surface area contributed by atoms with Crippen LogP contribution >= 0.6 is 0 Å². The van der Waals surface area contributed by atoms with Gasteiger partial charge in [-0.05, 0) is 0 Å². The molecule has 0 saturated carbocycles. The minimum absolute atomic E-state index is 0.453. The van der Waals surface area contributed by atoms with E-state index in [1.807, 2.05) is 37.3 Å². The smallest absolute Gasteiger partial charge is 0.178 e. The molecule has 2 nitrogen and oxygen atoms in total. The molecule has 0 heterocycles. The highest BCUT2D eigenvalue weighted by molar-refractivity contribution is 5.50. The summed E-state index contributed by atoms with van der Waals surface area (Å²) in [6.07, 6.45) is 2.43. The van der Waals surface area contributed by atoms with Gasteiger partial charge in [0.1, 0.15) is 0 Å². The van der Waals surface area contributed by atoms with Gasteiger partial charge >= 0.3 is 0 Å². The topological polar surface area (TPSA) is 26.1 Å². The molecule has 0 fully saturated rings. The van der Waals surface area contributed by atoms with Gasteiger partial charge in [-0.3, -0.25) is 0 Å². The van der Waals surface area contributed by atoms with Crippen LogP contribution in [0.25, 0.3) is 0 Å². The van der Waals surface area contributed by atoms with Crippen molar-refractivity contribution in [3.8, 4) is 0 Å². The molecule has 0 saturated heterocycles. The monoisotopic (exact) mass is 163 g/mol. The number of nitrogens with zero attached hydrogens (tertiary/aromatic N) is 1. The standard InChI is InChI=1S/C10H13NO/c1-2-8-11(12)9-10-6-4-3-5-7-10/h3-8H,2,9H2,1H3/b11-8-. The van der Waals surface area contributed by atoms with Crippen molar-refractivity contribution in [3.05, 3.63) is 41.1 Å². The van der Waals surface area contributed by atoms with E-state index in [0.29, 0.717) is 6.54 Å². The Morgan fingerprint density at radius 2 is 2.00 bits per heavy atom. The molecule has 1 rings (SSSR count). The minimum Gasteiger partial charge on any atom is -0.624 e. The summed E-state index contributed by atoms with van der Waals surface area (Å²) in [7, 11) is 0. The van der Waals surface area contributed by atoms with Gasteiger partial charge in [-0.15, -0.1) is 0 Å². The van der Waals surface area contributed by atoms with E-state index in [1.165, 1.54) is 0 Å². The second kappa shape index (κ2) is 4.54. The van der Waals surface area contributed by atoms with Crippen LogP contribution in [-0.2, 0) is 6.54 Å². The molecule has 1 aromatic rings. The van der Waals surface area contributed by atoms with Crippen LogP contribution in [0.2, 0.25) is 0 Å². The van der Waals surface area contributed by atoms with Crippen molar-refractivity contribution in [2.75, 3.05) is 0 Å². The van der Waals surface area contributed by atoms with Crippen molar-refractivity contribution in [2.24, 2.45) is 0 Å². The normalized spacial score (nSPS) is 11.6. The van der Waals surface area contributed by atoms with E-state index in [2.05, 4.69) is 0 Å². The molecule has 0 aliphatic carbocycles. The quantitative estimate of drug-likeness (QED) is 0.290. The summed E-state index contributed by atoms with van der Waals surface area (Å²) in [6, 6.07) is 9.73. The molecule has 12 heavy (non-hydrogen) atoms. The maximum atomic E-state index is 11.1. The van der Waals surface area contributed by atoms with Gasteiger partial charge < -0.3 is 5.21 Å². The molecule has 1 aromatic carbocycles. The van der Waals surface area contributed by atoms with Gasteiger partial charge in [0.05, 0.1) is 0 Å². The summed E-state index contributed by atoms with van der Waals surface area (Å²) >= 11 is 0. The number of rotatable bonds is 3. The predicted octanol–water partition coefficient (Wildman–Crippen LogP) is 2.18. The molecule has 0 amide bonds. The molecule has 0 aliphatic rings. The summed E-state index contributed by atoms with van der Waals surface area (Å²) in [5.41, 5.74) is 1.05. The molecule has 0 radical (unpaired) electrons. The first-order chi connectivity index (χ1) is 5.83. The van der Waals surface area contributed by atoms with Gasteiger partial charge in [-0.25, -0.2) is 4.74 Å². The fourth-order valence-corrected chi connectivity index (χ4v) is 1.03. The summed E-state index contributed by atoms with van der Waals surface area (Å²) < 4.78 is 0.968. The summed E-state index contributed by atoms with van der Waals surface area (Å²) in [5.74, 6) is 0. The molecule has 0 unspecified atom stereocenters. The van der Waals surface area contributed by atoms with Gasteiger partial charge in [0, 0.05) is 12.0 Å². The van der Waals surface area contributed by atoms with E-state index in [9.17, 15) is 5.21 Å². The van der Waals surface area contributed by atoms with E-state index in [4.69, 9.17) is 0 Å². The Bertz CT molecular complexity index is 254. The van der Waals surface area contributed by atoms with Crippen LogP contribution in [0.5, 0.6) is 0 Å². The SMILES string of the molecule is CC/C=[N+](\[O-])Cc1ccccc1. The molecule has 0 aliphatic heterocycles. The molecule has 2 heteroatoms. The lowest BCUT2D eigenvalue weighted by atomic mass is 10.2. The molecular weight excluding hydrogens is 150 g/mol. The molecule has 64 valence electrons. The second-order valence-electron chi connectivity index (χ2n) is 2.65. The van der Waals surface area contributed by atoms with Crippen LogP contribution in [-0.4, -0.2) is 11.0 Å². The van der Waals surface area contributed by atoms with E-state index in [-0.39, 0.29) is 0 Å². The van der Waals surface area contributed by atoms with Crippen LogP contribution < -0.4 is 0 Å². The second-order valence-corrected chi connectivity index (χ2v) is 2.65. The molecule has 0 bridgehead atoms. The lowest BCUT2D eigenvalue weighted by molar-refractivity contribution is -0.471. The lowest BCUT2D eigenvalue weighted by Gasteiger charge is -2.02. The number of hydrogen-bond donors (Lipinski definition) is 0. The van der Waals surface area contributed by atoms with Crippen LogP contribution in [0, 0.1) is 5.21 Å². The van der Waals surface area contributed by atoms with E-state index in [1.54, 1.807) is 6.21 Å². The first-order valence-corrected chi connectivity index (χ1v) is 4.14. The van der Waals surface area contributed by atoms with Crippen molar-refractivity contribution in [1.82, 2.24) is 0 Å². The molecular formula is C10H13NO. The Morgan fingerprint density at radius 1 is 1.33 bits per heavy atom. The Kier molecular flexibility index (Phi) is 3.33. The summed E-state index contributed by atoms with van der Waals surface area (Å²) in [5, 5.41) is 11.1. The van der Waals surface area contributed by atoms with E-state index >= 15 is 0 Å². The van der Waals surface area contributed by atoms with Gasteiger partial charge in [0.25, 0.3) is 0 Å². The Balaban J connectivity index is 2.58. The fraction of sp³-hybridized carbons (Fsp3) is 0.300. The first-order valence-electron chi connectivity index (χ1n) is 4.14. The van der Waals surface area contributed by atoms with Gasteiger partial charge in [0.2, 0.25) is 0 Å². The van der Waals surface area contributed by atoms with Crippen LogP contribution in [0.15, 0.2) is 30.3 Å². The Labute approximate surface area is 72.7 Å². The van der Waals surface area contributed by atoms with Crippen LogP contribution in [0.1, 0.15) is 18.9 Å².